The maximum Gasteiger partial charge on any atom is 0.264 e. The molecule has 196 valence electrons. The lowest BCUT2D eigenvalue weighted by Gasteiger charge is -2.32. The number of amides is 2. The van der Waals surface area contributed by atoms with Crippen LogP contribution in [0.25, 0.3) is 0 Å². The summed E-state index contributed by atoms with van der Waals surface area (Å²) in [6.07, 6.45) is 0.509. The molecule has 3 aromatic carbocycles. The van der Waals surface area contributed by atoms with Crippen LogP contribution < -0.4 is 14.4 Å². The average Bonchev–Trinajstić information content (AvgIpc) is 2.93. The zero-order valence-electron chi connectivity index (χ0n) is 21.3. The molecule has 8 nitrogen and oxygen atoms in total. The molecule has 0 radical (unpaired) electrons. The average molecular weight is 524 g/mol. The number of para-hydroxylation sites is 2. The number of ether oxygens (including phenoxy) is 1. The Hall–Kier alpha value is -3.85. The molecule has 0 fully saturated rings. The van der Waals surface area contributed by atoms with Crippen molar-refractivity contribution in [1.29, 1.82) is 0 Å². The highest BCUT2D eigenvalue weighted by molar-refractivity contribution is 7.92. The molecule has 0 bridgehead atoms. The van der Waals surface area contributed by atoms with E-state index in [0.29, 0.717) is 18.8 Å². The van der Waals surface area contributed by atoms with Gasteiger partial charge >= 0.3 is 0 Å². The van der Waals surface area contributed by atoms with E-state index >= 15 is 0 Å². The standard InChI is InChI=1S/C28H33N3O5S/c1-4-36-26-18-12-11-17-25(26)31(37(34,35)24-15-9-6-10-16-24)21-27(32)30(22(2)28(33)29-3)20-19-23-13-7-5-8-14-23/h5-18,22H,4,19-21H2,1-3H3,(H,29,33). The second kappa shape index (κ2) is 12.9. The SMILES string of the molecule is CCOc1ccccc1N(CC(=O)N(CCc1ccccc1)C(C)C(=O)NC)S(=O)(=O)c1ccccc1. The number of anilines is 1. The molecule has 0 aliphatic carbocycles. The minimum atomic E-state index is -4.14. The second-order valence-electron chi connectivity index (χ2n) is 8.34. The van der Waals surface area contributed by atoms with Gasteiger partial charge in [0.1, 0.15) is 18.3 Å². The molecule has 1 N–H and O–H groups in total. The van der Waals surface area contributed by atoms with E-state index in [1.807, 2.05) is 30.3 Å². The van der Waals surface area contributed by atoms with Gasteiger partial charge in [-0.05, 0) is 50.1 Å². The van der Waals surface area contributed by atoms with Gasteiger partial charge in [-0.25, -0.2) is 8.42 Å². The third kappa shape index (κ3) is 6.89. The molecule has 2 amide bonds. The highest BCUT2D eigenvalue weighted by Gasteiger charge is 2.33. The Bertz CT molecular complexity index is 1280. The predicted octanol–water partition coefficient (Wildman–Crippen LogP) is 3.49. The molecule has 0 saturated carbocycles. The minimum Gasteiger partial charge on any atom is -0.492 e. The first-order valence-electron chi connectivity index (χ1n) is 12.1. The maximum absolute atomic E-state index is 13.8. The van der Waals surface area contributed by atoms with E-state index in [1.165, 1.54) is 24.1 Å². The molecule has 0 aliphatic rings. The Morgan fingerprint density at radius 2 is 1.51 bits per heavy atom. The summed E-state index contributed by atoms with van der Waals surface area (Å²) in [6.45, 7) is 3.49. The number of nitrogens with zero attached hydrogens (tertiary/aromatic N) is 2. The van der Waals surface area contributed by atoms with Crippen LogP contribution in [0.1, 0.15) is 19.4 Å². The Morgan fingerprint density at radius 1 is 0.919 bits per heavy atom. The van der Waals surface area contributed by atoms with Gasteiger partial charge in [-0.1, -0.05) is 60.7 Å². The fourth-order valence-electron chi connectivity index (χ4n) is 3.95. The van der Waals surface area contributed by atoms with E-state index in [1.54, 1.807) is 56.3 Å². The molecule has 1 atom stereocenters. The molecule has 3 rings (SSSR count). The van der Waals surface area contributed by atoms with Crippen LogP contribution >= 0.6 is 0 Å². The zero-order chi connectivity index (χ0) is 26.8. The number of nitrogens with one attached hydrogen (secondary N) is 1. The largest absolute Gasteiger partial charge is 0.492 e. The quantitative estimate of drug-likeness (QED) is 0.392. The molecule has 0 heterocycles. The number of sulfonamides is 1. The molecular formula is C28H33N3O5S. The monoisotopic (exact) mass is 523 g/mol. The van der Waals surface area contributed by atoms with Crippen molar-refractivity contribution in [3.63, 3.8) is 0 Å². The van der Waals surface area contributed by atoms with Crippen LogP contribution in [0.3, 0.4) is 0 Å². The third-order valence-electron chi connectivity index (χ3n) is 5.94. The van der Waals surface area contributed by atoms with Crippen LogP contribution in [0, 0.1) is 0 Å². The Kier molecular flexibility index (Phi) is 9.68. The highest BCUT2D eigenvalue weighted by Crippen LogP contribution is 2.32. The van der Waals surface area contributed by atoms with Crippen molar-refractivity contribution in [3.05, 3.63) is 90.5 Å². The first-order chi connectivity index (χ1) is 17.8. The smallest absolute Gasteiger partial charge is 0.264 e. The van der Waals surface area contributed by atoms with E-state index in [9.17, 15) is 18.0 Å². The summed E-state index contributed by atoms with van der Waals surface area (Å²) in [6, 6.07) is 23.4. The van der Waals surface area contributed by atoms with E-state index < -0.39 is 28.5 Å². The van der Waals surface area contributed by atoms with Gasteiger partial charge in [0.25, 0.3) is 10.0 Å². The van der Waals surface area contributed by atoms with Gasteiger partial charge < -0.3 is 15.0 Å². The molecule has 3 aromatic rings. The summed E-state index contributed by atoms with van der Waals surface area (Å²) in [5.74, 6) is -0.501. The van der Waals surface area contributed by atoms with Crippen molar-refractivity contribution in [1.82, 2.24) is 10.2 Å². The second-order valence-corrected chi connectivity index (χ2v) is 10.2. The number of likely N-dealkylation sites (N-methyl/N-ethyl adjacent to an activating group) is 1. The number of carbonyl (C=O) groups is 2. The Labute approximate surface area is 218 Å². The molecule has 0 saturated heterocycles. The third-order valence-corrected chi connectivity index (χ3v) is 7.72. The van der Waals surface area contributed by atoms with E-state index in [2.05, 4.69) is 5.32 Å². The lowest BCUT2D eigenvalue weighted by Crippen LogP contribution is -2.51. The van der Waals surface area contributed by atoms with Crippen molar-refractivity contribution in [3.8, 4) is 5.75 Å². The van der Waals surface area contributed by atoms with Crippen LogP contribution in [0.5, 0.6) is 5.75 Å². The van der Waals surface area contributed by atoms with Crippen LogP contribution in [-0.4, -0.2) is 57.9 Å². The number of hydrogen-bond donors (Lipinski definition) is 1. The first kappa shape index (κ1) is 27.7. The summed E-state index contributed by atoms with van der Waals surface area (Å²) in [5, 5.41) is 2.58. The summed E-state index contributed by atoms with van der Waals surface area (Å²) in [4.78, 5) is 27.7. The summed E-state index contributed by atoms with van der Waals surface area (Å²) in [5.41, 5.74) is 1.25. The molecule has 0 spiro atoms. The minimum absolute atomic E-state index is 0.0456. The van der Waals surface area contributed by atoms with Gasteiger partial charge in [-0.2, -0.15) is 0 Å². The van der Waals surface area contributed by atoms with Crippen molar-refractivity contribution in [2.24, 2.45) is 0 Å². The van der Waals surface area contributed by atoms with Gasteiger partial charge in [0, 0.05) is 13.6 Å². The van der Waals surface area contributed by atoms with Crippen LogP contribution in [0.2, 0.25) is 0 Å². The van der Waals surface area contributed by atoms with Crippen LogP contribution in [0.4, 0.5) is 5.69 Å². The lowest BCUT2D eigenvalue weighted by atomic mass is 10.1. The summed E-state index contributed by atoms with van der Waals surface area (Å²) < 4.78 is 34.4. The summed E-state index contributed by atoms with van der Waals surface area (Å²) in [7, 11) is -2.63. The maximum atomic E-state index is 13.8. The van der Waals surface area contributed by atoms with Crippen molar-refractivity contribution < 1.29 is 22.7 Å². The van der Waals surface area contributed by atoms with Crippen LogP contribution in [-0.2, 0) is 26.0 Å². The van der Waals surface area contributed by atoms with E-state index in [4.69, 9.17) is 4.74 Å². The molecular weight excluding hydrogens is 490 g/mol. The first-order valence-corrected chi connectivity index (χ1v) is 13.6. The highest BCUT2D eigenvalue weighted by atomic mass is 32.2. The molecule has 0 aliphatic heterocycles. The molecule has 37 heavy (non-hydrogen) atoms. The Morgan fingerprint density at radius 3 is 2.14 bits per heavy atom. The fraction of sp³-hybridized carbons (Fsp3) is 0.286. The number of rotatable bonds is 12. The van der Waals surface area contributed by atoms with Gasteiger partial charge in [-0.3, -0.25) is 13.9 Å². The predicted molar refractivity (Wildman–Crippen MR) is 144 cm³/mol. The van der Waals surface area contributed by atoms with Gasteiger partial charge in [0.15, 0.2) is 0 Å². The summed E-state index contributed by atoms with van der Waals surface area (Å²) >= 11 is 0. The van der Waals surface area contributed by atoms with Gasteiger partial charge in [0.05, 0.1) is 17.2 Å². The molecule has 1 unspecified atom stereocenters. The number of hydrogen-bond acceptors (Lipinski definition) is 5. The van der Waals surface area contributed by atoms with Crippen molar-refractivity contribution in [2.45, 2.75) is 31.2 Å². The van der Waals surface area contributed by atoms with Crippen molar-refractivity contribution >= 4 is 27.5 Å². The number of carbonyl (C=O) groups excluding carboxylic acids is 2. The Balaban J connectivity index is 2.01. The topological polar surface area (TPSA) is 96.0 Å². The number of benzene rings is 3. The normalized spacial score (nSPS) is 11.9. The van der Waals surface area contributed by atoms with Crippen LogP contribution in [0.15, 0.2) is 89.8 Å². The molecule has 0 aromatic heterocycles. The van der Waals surface area contributed by atoms with E-state index in [0.717, 1.165) is 9.87 Å². The lowest BCUT2D eigenvalue weighted by molar-refractivity contribution is -0.138. The fourth-order valence-corrected chi connectivity index (χ4v) is 5.40. The zero-order valence-corrected chi connectivity index (χ0v) is 22.1. The van der Waals surface area contributed by atoms with Crippen molar-refractivity contribution in [2.75, 3.05) is 31.0 Å². The van der Waals surface area contributed by atoms with Gasteiger partial charge in [-0.15, -0.1) is 0 Å². The van der Waals surface area contributed by atoms with Gasteiger partial charge in [0.2, 0.25) is 11.8 Å². The molecule has 9 heteroatoms. The van der Waals surface area contributed by atoms with E-state index in [-0.39, 0.29) is 23.0 Å².